The molecule has 1 aromatic carbocycles. The maximum Gasteiger partial charge on any atom is 0.243 e. The number of benzene rings is 1. The summed E-state index contributed by atoms with van der Waals surface area (Å²) in [5.41, 5.74) is 0. The van der Waals surface area contributed by atoms with Crippen LogP contribution in [-0.4, -0.2) is 37.8 Å². The molecule has 0 saturated carbocycles. The fraction of sp³-hybridized carbons (Fsp3) is 0.353. The quantitative estimate of drug-likeness (QED) is 0.847. The number of hydrogen-bond donors (Lipinski definition) is 1. The van der Waals surface area contributed by atoms with Crippen LogP contribution in [0.4, 0.5) is 4.39 Å². The van der Waals surface area contributed by atoms with Gasteiger partial charge in [-0.15, -0.1) is 0 Å². The van der Waals surface area contributed by atoms with Crippen molar-refractivity contribution in [2.75, 3.05) is 13.1 Å². The van der Waals surface area contributed by atoms with Crippen LogP contribution in [0.1, 0.15) is 18.6 Å². The monoisotopic (exact) mass is 366 g/mol. The number of furan rings is 1. The number of nitrogens with one attached hydrogen (secondary N) is 1. The highest BCUT2D eigenvalue weighted by molar-refractivity contribution is 7.89. The van der Waals surface area contributed by atoms with E-state index in [4.69, 9.17) is 4.42 Å². The third kappa shape index (κ3) is 3.91. The predicted molar refractivity (Wildman–Crippen MR) is 88.7 cm³/mol. The Hall–Kier alpha value is -2.19. The molecule has 1 aromatic heterocycles. The van der Waals surface area contributed by atoms with Crippen molar-refractivity contribution in [3.8, 4) is 0 Å². The summed E-state index contributed by atoms with van der Waals surface area (Å²) >= 11 is 0. The molecule has 1 fully saturated rings. The summed E-state index contributed by atoms with van der Waals surface area (Å²) in [5, 5.41) is 2.76. The molecule has 0 spiro atoms. The molecule has 1 aliphatic heterocycles. The summed E-state index contributed by atoms with van der Waals surface area (Å²) < 4.78 is 44.9. The van der Waals surface area contributed by atoms with Crippen molar-refractivity contribution in [1.82, 2.24) is 9.62 Å². The highest BCUT2D eigenvalue weighted by Crippen LogP contribution is 2.26. The third-order valence-corrected chi connectivity index (χ3v) is 6.10. The van der Waals surface area contributed by atoms with Crippen molar-refractivity contribution in [3.63, 3.8) is 0 Å². The third-order valence-electron chi connectivity index (χ3n) is 4.18. The first-order valence-electron chi connectivity index (χ1n) is 8.06. The lowest BCUT2D eigenvalue weighted by molar-refractivity contribution is -0.124. The summed E-state index contributed by atoms with van der Waals surface area (Å²) in [4.78, 5) is 12.4. The molecule has 134 valence electrons. The van der Waals surface area contributed by atoms with Gasteiger partial charge in [-0.05, 0) is 49.2 Å². The lowest BCUT2D eigenvalue weighted by atomic mass is 10.2. The molecule has 0 bridgehead atoms. The Morgan fingerprint density at radius 2 is 2.04 bits per heavy atom. The summed E-state index contributed by atoms with van der Waals surface area (Å²) in [6.45, 7) is 0.642. The second-order valence-corrected chi connectivity index (χ2v) is 7.74. The van der Waals surface area contributed by atoms with E-state index in [2.05, 4.69) is 5.32 Å². The van der Waals surface area contributed by atoms with Crippen LogP contribution in [0.2, 0.25) is 0 Å². The lowest BCUT2D eigenvalue weighted by Crippen LogP contribution is -2.46. The van der Waals surface area contributed by atoms with E-state index in [1.54, 1.807) is 12.3 Å². The largest absolute Gasteiger partial charge is 0.469 e. The number of amides is 1. The predicted octanol–water partition coefficient (Wildman–Crippen LogP) is 1.93. The van der Waals surface area contributed by atoms with E-state index < -0.39 is 21.9 Å². The van der Waals surface area contributed by atoms with Gasteiger partial charge in [-0.3, -0.25) is 4.79 Å². The SMILES string of the molecule is O=C(NCCc1ccco1)[C@@H]1CCCN1S(=O)(=O)c1ccc(F)cc1. The molecule has 25 heavy (non-hydrogen) atoms. The van der Waals surface area contributed by atoms with Crippen molar-refractivity contribution in [2.45, 2.75) is 30.2 Å². The minimum atomic E-state index is -3.83. The van der Waals surface area contributed by atoms with Crippen LogP contribution in [0, 0.1) is 5.82 Å². The first-order valence-corrected chi connectivity index (χ1v) is 9.50. The molecular weight excluding hydrogens is 347 g/mol. The molecule has 6 nitrogen and oxygen atoms in total. The number of sulfonamides is 1. The Bertz CT molecular complexity index is 819. The van der Waals surface area contributed by atoms with Gasteiger partial charge < -0.3 is 9.73 Å². The van der Waals surface area contributed by atoms with E-state index in [0.29, 0.717) is 25.8 Å². The second-order valence-electron chi connectivity index (χ2n) is 5.85. The van der Waals surface area contributed by atoms with E-state index >= 15 is 0 Å². The Morgan fingerprint density at radius 1 is 1.28 bits per heavy atom. The van der Waals surface area contributed by atoms with E-state index in [0.717, 1.165) is 17.9 Å². The van der Waals surface area contributed by atoms with Crippen LogP contribution in [0.5, 0.6) is 0 Å². The molecule has 0 aliphatic carbocycles. The van der Waals surface area contributed by atoms with Crippen LogP contribution >= 0.6 is 0 Å². The zero-order chi connectivity index (χ0) is 17.9. The molecule has 1 atom stereocenters. The van der Waals surface area contributed by atoms with Crippen LogP contribution in [0.15, 0.2) is 52.0 Å². The molecule has 1 aliphatic rings. The zero-order valence-corrected chi connectivity index (χ0v) is 14.3. The van der Waals surface area contributed by atoms with Crippen molar-refractivity contribution < 1.29 is 22.0 Å². The second kappa shape index (κ2) is 7.37. The van der Waals surface area contributed by atoms with Crippen LogP contribution in [0.3, 0.4) is 0 Å². The van der Waals surface area contributed by atoms with Crippen molar-refractivity contribution in [1.29, 1.82) is 0 Å². The Labute approximate surface area is 145 Å². The van der Waals surface area contributed by atoms with Crippen LogP contribution < -0.4 is 5.32 Å². The highest BCUT2D eigenvalue weighted by Gasteiger charge is 2.39. The fourth-order valence-corrected chi connectivity index (χ4v) is 4.57. The molecule has 3 rings (SSSR count). The summed E-state index contributed by atoms with van der Waals surface area (Å²) in [5.74, 6) is -0.0788. The molecule has 2 aromatic rings. The van der Waals surface area contributed by atoms with Gasteiger partial charge in [0.05, 0.1) is 11.2 Å². The Balaban J connectivity index is 1.66. The summed E-state index contributed by atoms with van der Waals surface area (Å²) in [6.07, 6.45) is 3.17. The van der Waals surface area contributed by atoms with Gasteiger partial charge in [0.1, 0.15) is 17.6 Å². The minimum Gasteiger partial charge on any atom is -0.469 e. The number of halogens is 1. The van der Waals surface area contributed by atoms with Crippen LogP contribution in [-0.2, 0) is 21.2 Å². The average Bonchev–Trinajstić information content (AvgIpc) is 3.27. The van der Waals surface area contributed by atoms with Gasteiger partial charge in [0.25, 0.3) is 0 Å². The van der Waals surface area contributed by atoms with Gasteiger partial charge in [-0.1, -0.05) is 0 Å². The van der Waals surface area contributed by atoms with Gasteiger partial charge >= 0.3 is 0 Å². The fourth-order valence-electron chi connectivity index (χ4n) is 2.91. The van der Waals surface area contributed by atoms with Crippen molar-refractivity contribution in [2.24, 2.45) is 0 Å². The Morgan fingerprint density at radius 3 is 2.72 bits per heavy atom. The van der Waals surface area contributed by atoms with E-state index in [-0.39, 0.29) is 17.3 Å². The summed E-state index contributed by atoms with van der Waals surface area (Å²) in [7, 11) is -3.83. The maximum absolute atomic E-state index is 13.0. The molecular formula is C17H19FN2O4S. The summed E-state index contributed by atoms with van der Waals surface area (Å²) in [6, 6.07) is 7.47. The van der Waals surface area contributed by atoms with Gasteiger partial charge in [0, 0.05) is 19.5 Å². The number of hydrogen-bond acceptors (Lipinski definition) is 4. The molecule has 8 heteroatoms. The van der Waals surface area contributed by atoms with E-state index in [9.17, 15) is 17.6 Å². The topological polar surface area (TPSA) is 79.6 Å². The van der Waals surface area contributed by atoms with Crippen molar-refractivity contribution >= 4 is 15.9 Å². The van der Waals surface area contributed by atoms with E-state index in [1.165, 1.54) is 16.4 Å². The van der Waals surface area contributed by atoms with Gasteiger partial charge in [0.2, 0.25) is 15.9 Å². The first-order chi connectivity index (χ1) is 12.0. The van der Waals surface area contributed by atoms with Gasteiger partial charge in [-0.25, -0.2) is 12.8 Å². The van der Waals surface area contributed by atoms with Crippen molar-refractivity contribution in [3.05, 3.63) is 54.2 Å². The standard InChI is InChI=1S/C17H19FN2O4S/c18-13-5-7-15(8-6-13)25(22,23)20-11-1-4-16(20)17(21)19-10-9-14-3-2-12-24-14/h2-3,5-8,12,16H,1,4,9-11H2,(H,19,21)/t16-/m0/s1. The highest BCUT2D eigenvalue weighted by atomic mass is 32.2. The molecule has 2 heterocycles. The van der Waals surface area contributed by atoms with Crippen LogP contribution in [0.25, 0.3) is 0 Å². The molecule has 1 saturated heterocycles. The minimum absolute atomic E-state index is 0.0100. The zero-order valence-electron chi connectivity index (χ0n) is 13.5. The maximum atomic E-state index is 13.0. The normalized spacial score (nSPS) is 18.4. The van der Waals surface area contributed by atoms with E-state index in [1.807, 2.05) is 6.07 Å². The first kappa shape index (κ1) is 17.6. The molecule has 0 radical (unpaired) electrons. The van der Waals surface area contributed by atoms with Gasteiger partial charge in [0.15, 0.2) is 0 Å². The lowest BCUT2D eigenvalue weighted by Gasteiger charge is -2.23. The van der Waals surface area contributed by atoms with Gasteiger partial charge in [-0.2, -0.15) is 4.31 Å². The number of nitrogens with zero attached hydrogens (tertiary/aromatic N) is 1. The molecule has 0 unspecified atom stereocenters. The Kier molecular flexibility index (Phi) is 5.19. The molecule has 1 N–H and O–H groups in total. The average molecular weight is 366 g/mol. The molecule has 1 amide bonds. The smallest absolute Gasteiger partial charge is 0.243 e. The number of rotatable bonds is 6. The number of carbonyl (C=O) groups is 1. The number of carbonyl (C=O) groups excluding carboxylic acids is 1.